The first-order chi connectivity index (χ1) is 7.91. The Bertz CT molecular complexity index is 394. The highest BCUT2D eigenvalue weighted by Crippen LogP contribution is 2.36. The molecule has 94 valence electrons. The van der Waals surface area contributed by atoms with E-state index in [-0.39, 0.29) is 5.54 Å². The molecule has 0 saturated heterocycles. The molecule has 1 aliphatic rings. The Kier molecular flexibility index (Phi) is 3.17. The molecular formula is C13H16F3N. The zero-order chi connectivity index (χ0) is 12.5. The SMILES string of the molecule is NC1(CCc2ccccc2C(F)(F)F)CCC1. The van der Waals surface area contributed by atoms with Crippen LogP contribution in [0, 0.1) is 0 Å². The van der Waals surface area contributed by atoms with E-state index in [1.54, 1.807) is 12.1 Å². The second-order valence-corrected chi connectivity index (χ2v) is 4.87. The molecule has 0 aromatic heterocycles. The maximum absolute atomic E-state index is 12.7. The quantitative estimate of drug-likeness (QED) is 0.863. The van der Waals surface area contributed by atoms with Gasteiger partial charge < -0.3 is 5.73 Å². The topological polar surface area (TPSA) is 26.0 Å². The van der Waals surface area contributed by atoms with Gasteiger partial charge in [0.15, 0.2) is 0 Å². The van der Waals surface area contributed by atoms with Crippen molar-refractivity contribution in [3.63, 3.8) is 0 Å². The molecule has 0 unspecified atom stereocenters. The Morgan fingerprint density at radius 2 is 1.82 bits per heavy atom. The van der Waals surface area contributed by atoms with Gasteiger partial charge in [-0.15, -0.1) is 0 Å². The van der Waals surface area contributed by atoms with Gasteiger partial charge in [-0.2, -0.15) is 13.2 Å². The first kappa shape index (κ1) is 12.4. The van der Waals surface area contributed by atoms with Gasteiger partial charge in [-0.05, 0) is 43.7 Å². The highest BCUT2D eigenvalue weighted by molar-refractivity contribution is 5.30. The van der Waals surface area contributed by atoms with Crippen LogP contribution < -0.4 is 5.73 Å². The maximum atomic E-state index is 12.7. The molecule has 4 heteroatoms. The third kappa shape index (κ3) is 2.80. The molecule has 0 bridgehead atoms. The van der Waals surface area contributed by atoms with Crippen LogP contribution in [0.4, 0.5) is 13.2 Å². The summed E-state index contributed by atoms with van der Waals surface area (Å²) in [6.45, 7) is 0. The minimum absolute atomic E-state index is 0.224. The van der Waals surface area contributed by atoms with Gasteiger partial charge in [0.05, 0.1) is 5.56 Å². The smallest absolute Gasteiger partial charge is 0.325 e. The van der Waals surface area contributed by atoms with Crippen molar-refractivity contribution in [2.24, 2.45) is 5.73 Å². The number of aryl methyl sites for hydroxylation is 1. The Hall–Kier alpha value is -1.03. The predicted octanol–water partition coefficient (Wildman–Crippen LogP) is 3.52. The van der Waals surface area contributed by atoms with Crippen molar-refractivity contribution in [3.05, 3.63) is 35.4 Å². The highest BCUT2D eigenvalue weighted by Gasteiger charge is 2.35. The first-order valence-electron chi connectivity index (χ1n) is 5.85. The third-order valence-corrected chi connectivity index (χ3v) is 3.56. The van der Waals surface area contributed by atoms with Crippen LogP contribution in [0.2, 0.25) is 0 Å². The van der Waals surface area contributed by atoms with Crippen molar-refractivity contribution in [2.45, 2.75) is 43.8 Å². The summed E-state index contributed by atoms with van der Waals surface area (Å²) in [5, 5.41) is 0. The van der Waals surface area contributed by atoms with Gasteiger partial charge in [-0.1, -0.05) is 18.2 Å². The van der Waals surface area contributed by atoms with Crippen molar-refractivity contribution in [1.82, 2.24) is 0 Å². The highest BCUT2D eigenvalue weighted by atomic mass is 19.4. The molecule has 1 fully saturated rings. The Morgan fingerprint density at radius 1 is 1.18 bits per heavy atom. The van der Waals surface area contributed by atoms with Crippen LogP contribution in [0.15, 0.2) is 24.3 Å². The zero-order valence-corrected chi connectivity index (χ0v) is 9.56. The second-order valence-electron chi connectivity index (χ2n) is 4.87. The predicted molar refractivity (Wildman–Crippen MR) is 60.5 cm³/mol. The van der Waals surface area contributed by atoms with E-state index >= 15 is 0 Å². The van der Waals surface area contributed by atoms with Crippen molar-refractivity contribution < 1.29 is 13.2 Å². The van der Waals surface area contributed by atoms with Gasteiger partial charge >= 0.3 is 6.18 Å². The molecule has 2 N–H and O–H groups in total. The number of alkyl halides is 3. The molecule has 1 aromatic carbocycles. The molecule has 1 aliphatic carbocycles. The second kappa shape index (κ2) is 4.33. The number of nitrogens with two attached hydrogens (primary N) is 1. The molecule has 0 amide bonds. The van der Waals surface area contributed by atoms with E-state index in [0.29, 0.717) is 18.4 Å². The fourth-order valence-electron chi connectivity index (χ4n) is 2.28. The summed E-state index contributed by atoms with van der Waals surface area (Å²) in [6.07, 6.45) is -0.260. The summed E-state index contributed by atoms with van der Waals surface area (Å²) < 4.78 is 38.2. The minimum Gasteiger partial charge on any atom is -0.325 e. The summed E-state index contributed by atoms with van der Waals surface area (Å²) in [6, 6.07) is 5.76. The van der Waals surface area contributed by atoms with Gasteiger partial charge in [-0.25, -0.2) is 0 Å². The molecule has 0 atom stereocenters. The van der Waals surface area contributed by atoms with Gasteiger partial charge in [0.25, 0.3) is 0 Å². The standard InChI is InChI=1S/C13H16F3N/c14-13(15,16)11-5-2-1-4-10(11)6-9-12(17)7-3-8-12/h1-2,4-5H,3,6-9,17H2. The zero-order valence-electron chi connectivity index (χ0n) is 9.56. The van der Waals surface area contributed by atoms with E-state index in [9.17, 15) is 13.2 Å². The minimum atomic E-state index is -4.27. The maximum Gasteiger partial charge on any atom is 0.416 e. The molecule has 1 nitrogen and oxygen atoms in total. The van der Waals surface area contributed by atoms with Crippen molar-refractivity contribution >= 4 is 0 Å². The molecule has 17 heavy (non-hydrogen) atoms. The van der Waals surface area contributed by atoms with Crippen molar-refractivity contribution in [1.29, 1.82) is 0 Å². The van der Waals surface area contributed by atoms with E-state index in [1.807, 2.05) is 0 Å². The van der Waals surface area contributed by atoms with Crippen LogP contribution in [0.25, 0.3) is 0 Å². The number of benzene rings is 1. The lowest BCUT2D eigenvalue weighted by atomic mass is 9.74. The molecule has 0 heterocycles. The lowest BCUT2D eigenvalue weighted by Gasteiger charge is -2.38. The fraction of sp³-hybridized carbons (Fsp3) is 0.538. The Labute approximate surface area is 98.8 Å². The molecule has 2 rings (SSSR count). The molecule has 0 aliphatic heterocycles. The van der Waals surface area contributed by atoms with E-state index in [1.165, 1.54) is 6.07 Å². The van der Waals surface area contributed by atoms with Crippen LogP contribution in [-0.2, 0) is 12.6 Å². The van der Waals surface area contributed by atoms with Crippen LogP contribution in [0.3, 0.4) is 0 Å². The largest absolute Gasteiger partial charge is 0.416 e. The van der Waals surface area contributed by atoms with Gasteiger partial charge in [-0.3, -0.25) is 0 Å². The average Bonchev–Trinajstić information content (AvgIpc) is 2.23. The summed E-state index contributed by atoms with van der Waals surface area (Å²) in [5.74, 6) is 0. The first-order valence-corrected chi connectivity index (χ1v) is 5.85. The molecule has 0 spiro atoms. The van der Waals surface area contributed by atoms with E-state index in [4.69, 9.17) is 5.73 Å². The monoisotopic (exact) mass is 243 g/mol. The lowest BCUT2D eigenvalue weighted by Crippen LogP contribution is -2.46. The van der Waals surface area contributed by atoms with E-state index in [2.05, 4.69) is 0 Å². The number of rotatable bonds is 3. The summed E-state index contributed by atoms with van der Waals surface area (Å²) in [5.41, 5.74) is 5.64. The molecule has 0 radical (unpaired) electrons. The number of hydrogen-bond acceptors (Lipinski definition) is 1. The van der Waals surface area contributed by atoms with Gasteiger partial charge in [0.1, 0.15) is 0 Å². The van der Waals surface area contributed by atoms with E-state index in [0.717, 1.165) is 25.3 Å². The summed E-state index contributed by atoms with van der Waals surface area (Å²) in [7, 11) is 0. The third-order valence-electron chi connectivity index (χ3n) is 3.56. The van der Waals surface area contributed by atoms with Crippen LogP contribution in [0.1, 0.15) is 36.8 Å². The van der Waals surface area contributed by atoms with Crippen LogP contribution in [0.5, 0.6) is 0 Å². The van der Waals surface area contributed by atoms with Gasteiger partial charge in [0.2, 0.25) is 0 Å². The average molecular weight is 243 g/mol. The molecular weight excluding hydrogens is 227 g/mol. The lowest BCUT2D eigenvalue weighted by molar-refractivity contribution is -0.138. The van der Waals surface area contributed by atoms with Crippen LogP contribution >= 0.6 is 0 Å². The van der Waals surface area contributed by atoms with Crippen molar-refractivity contribution in [3.8, 4) is 0 Å². The summed E-state index contributed by atoms with van der Waals surface area (Å²) in [4.78, 5) is 0. The molecule has 1 saturated carbocycles. The number of hydrogen-bond donors (Lipinski definition) is 1. The Morgan fingerprint density at radius 3 is 2.35 bits per heavy atom. The molecule has 1 aromatic rings. The van der Waals surface area contributed by atoms with E-state index < -0.39 is 11.7 Å². The van der Waals surface area contributed by atoms with Crippen LogP contribution in [-0.4, -0.2) is 5.54 Å². The normalized spacial score (nSPS) is 18.8. The van der Waals surface area contributed by atoms with Gasteiger partial charge in [0, 0.05) is 5.54 Å². The number of halogens is 3. The summed E-state index contributed by atoms with van der Waals surface area (Å²) >= 11 is 0. The Balaban J connectivity index is 2.10. The van der Waals surface area contributed by atoms with Crippen molar-refractivity contribution in [2.75, 3.05) is 0 Å². The fourth-order valence-corrected chi connectivity index (χ4v) is 2.28.